The molecular formula is C16H20O2. The molecule has 2 aliphatic carbocycles. The summed E-state index contributed by atoms with van der Waals surface area (Å²) in [4.78, 5) is 12.0. The summed E-state index contributed by atoms with van der Waals surface area (Å²) in [5.41, 5.74) is 1.22. The van der Waals surface area contributed by atoms with E-state index < -0.39 is 0 Å². The van der Waals surface area contributed by atoms with Crippen molar-refractivity contribution in [1.29, 1.82) is 0 Å². The van der Waals surface area contributed by atoms with Gasteiger partial charge in [-0.1, -0.05) is 37.3 Å². The molecule has 2 saturated carbocycles. The smallest absolute Gasteiger partial charge is 0.139 e. The van der Waals surface area contributed by atoms with E-state index in [4.69, 9.17) is 4.74 Å². The standard InChI is InChI=1S/C16H20O2/c1-11-7-13-8-14(9-15(11)16(13)17)18-10-12-5-3-2-4-6-12/h2-6,11,13-15H,7-10H2,1H3/t11-,13+,14+,15+/m0/s1. The molecule has 0 aliphatic heterocycles. The molecule has 0 amide bonds. The highest BCUT2D eigenvalue weighted by Crippen LogP contribution is 2.44. The first kappa shape index (κ1) is 11.9. The van der Waals surface area contributed by atoms with Gasteiger partial charge in [0.1, 0.15) is 5.78 Å². The summed E-state index contributed by atoms with van der Waals surface area (Å²) in [5, 5.41) is 0. The highest BCUT2D eigenvalue weighted by atomic mass is 16.5. The maximum atomic E-state index is 12.0. The van der Waals surface area contributed by atoms with Crippen molar-refractivity contribution in [2.45, 2.75) is 38.9 Å². The van der Waals surface area contributed by atoms with Gasteiger partial charge in [-0.25, -0.2) is 0 Å². The van der Waals surface area contributed by atoms with Crippen LogP contribution in [0.15, 0.2) is 30.3 Å². The second-order valence-electron chi connectivity index (χ2n) is 5.81. The van der Waals surface area contributed by atoms with E-state index in [-0.39, 0.29) is 17.9 Å². The first-order chi connectivity index (χ1) is 8.74. The average molecular weight is 244 g/mol. The van der Waals surface area contributed by atoms with E-state index in [1.54, 1.807) is 0 Å². The minimum absolute atomic E-state index is 0.268. The van der Waals surface area contributed by atoms with Gasteiger partial charge in [-0.3, -0.25) is 4.79 Å². The van der Waals surface area contributed by atoms with Crippen LogP contribution in [0.3, 0.4) is 0 Å². The summed E-state index contributed by atoms with van der Waals surface area (Å²) in [5.74, 6) is 1.61. The summed E-state index contributed by atoms with van der Waals surface area (Å²) in [7, 11) is 0. The van der Waals surface area contributed by atoms with E-state index in [1.807, 2.05) is 18.2 Å². The van der Waals surface area contributed by atoms with Gasteiger partial charge < -0.3 is 4.74 Å². The van der Waals surface area contributed by atoms with Gasteiger partial charge in [-0.2, -0.15) is 0 Å². The topological polar surface area (TPSA) is 26.3 Å². The summed E-state index contributed by atoms with van der Waals surface area (Å²) in [6, 6.07) is 10.3. The number of carbonyl (C=O) groups excluding carboxylic acids is 1. The molecular weight excluding hydrogens is 224 g/mol. The fourth-order valence-corrected chi connectivity index (χ4v) is 3.49. The van der Waals surface area contributed by atoms with Crippen molar-refractivity contribution in [3.05, 3.63) is 35.9 Å². The van der Waals surface area contributed by atoms with Crippen LogP contribution < -0.4 is 0 Å². The molecule has 2 bridgehead atoms. The molecule has 3 rings (SSSR count). The SMILES string of the molecule is C[C@H]1C[C@@H]2C[C@@H](OCc3ccccc3)C[C@H]1C2=O. The van der Waals surface area contributed by atoms with Gasteiger partial charge in [-0.05, 0) is 30.7 Å². The van der Waals surface area contributed by atoms with Crippen molar-refractivity contribution < 1.29 is 9.53 Å². The first-order valence-electron chi connectivity index (χ1n) is 6.93. The van der Waals surface area contributed by atoms with E-state index in [0.717, 1.165) is 19.3 Å². The Labute approximate surface area is 108 Å². The Kier molecular flexibility index (Phi) is 3.21. The van der Waals surface area contributed by atoms with Gasteiger partial charge in [0.2, 0.25) is 0 Å². The highest BCUT2D eigenvalue weighted by Gasteiger charge is 2.45. The average Bonchev–Trinajstić information content (AvgIpc) is 2.57. The third kappa shape index (κ3) is 2.22. The monoisotopic (exact) mass is 244 g/mol. The second kappa shape index (κ2) is 4.85. The minimum atomic E-state index is 0.268. The summed E-state index contributed by atoms with van der Waals surface area (Å²) in [6.45, 7) is 2.88. The lowest BCUT2D eigenvalue weighted by molar-refractivity contribution is -0.130. The molecule has 0 N–H and O–H groups in total. The molecule has 4 atom stereocenters. The number of ketones is 1. The molecule has 0 spiro atoms. The molecule has 0 heterocycles. The van der Waals surface area contributed by atoms with Gasteiger partial charge >= 0.3 is 0 Å². The third-order valence-corrected chi connectivity index (χ3v) is 4.50. The van der Waals surface area contributed by atoms with E-state index in [2.05, 4.69) is 19.1 Å². The molecule has 2 nitrogen and oxygen atoms in total. The number of hydrogen-bond acceptors (Lipinski definition) is 2. The molecule has 2 aliphatic rings. The Morgan fingerprint density at radius 3 is 2.67 bits per heavy atom. The predicted octanol–water partition coefficient (Wildman–Crippen LogP) is 3.21. The summed E-state index contributed by atoms with van der Waals surface area (Å²) in [6.07, 6.45) is 3.23. The number of carbonyl (C=O) groups is 1. The van der Waals surface area contributed by atoms with Crippen LogP contribution in [0.2, 0.25) is 0 Å². The Morgan fingerprint density at radius 1 is 1.17 bits per heavy atom. The molecule has 0 aromatic heterocycles. The van der Waals surface area contributed by atoms with Crippen molar-refractivity contribution in [2.75, 3.05) is 0 Å². The molecule has 1 aromatic rings. The van der Waals surface area contributed by atoms with Crippen LogP contribution in [-0.2, 0) is 16.1 Å². The molecule has 2 heteroatoms. The summed E-state index contributed by atoms with van der Waals surface area (Å²) >= 11 is 0. The summed E-state index contributed by atoms with van der Waals surface area (Å²) < 4.78 is 5.99. The zero-order chi connectivity index (χ0) is 12.5. The van der Waals surface area contributed by atoms with Gasteiger partial charge in [0.25, 0.3) is 0 Å². The normalized spacial score (nSPS) is 34.8. The van der Waals surface area contributed by atoms with Crippen molar-refractivity contribution in [3.63, 3.8) is 0 Å². The maximum Gasteiger partial charge on any atom is 0.139 e. The van der Waals surface area contributed by atoms with Gasteiger partial charge in [0, 0.05) is 11.8 Å². The Hall–Kier alpha value is -1.15. The van der Waals surface area contributed by atoms with Crippen LogP contribution in [0, 0.1) is 17.8 Å². The minimum Gasteiger partial charge on any atom is -0.373 e. The molecule has 18 heavy (non-hydrogen) atoms. The number of benzene rings is 1. The number of ether oxygens (including phenoxy) is 1. The highest BCUT2D eigenvalue weighted by molar-refractivity contribution is 5.86. The van der Waals surface area contributed by atoms with Crippen molar-refractivity contribution in [2.24, 2.45) is 17.8 Å². The van der Waals surface area contributed by atoms with Crippen LogP contribution in [0.4, 0.5) is 0 Å². The van der Waals surface area contributed by atoms with Crippen molar-refractivity contribution >= 4 is 5.78 Å². The molecule has 0 radical (unpaired) electrons. The molecule has 1 aromatic carbocycles. The largest absolute Gasteiger partial charge is 0.373 e. The number of rotatable bonds is 3. The zero-order valence-corrected chi connectivity index (χ0v) is 10.8. The first-order valence-corrected chi connectivity index (χ1v) is 6.93. The van der Waals surface area contributed by atoms with E-state index in [1.165, 1.54) is 5.56 Å². The van der Waals surface area contributed by atoms with E-state index >= 15 is 0 Å². The lowest BCUT2D eigenvalue weighted by Crippen LogP contribution is -2.31. The van der Waals surface area contributed by atoms with Crippen LogP contribution in [-0.4, -0.2) is 11.9 Å². The lowest BCUT2D eigenvalue weighted by Gasteiger charge is -2.27. The van der Waals surface area contributed by atoms with Crippen molar-refractivity contribution in [3.8, 4) is 0 Å². The molecule has 0 saturated heterocycles. The van der Waals surface area contributed by atoms with Crippen molar-refractivity contribution in [1.82, 2.24) is 0 Å². The Morgan fingerprint density at radius 2 is 1.94 bits per heavy atom. The molecule has 2 fully saturated rings. The molecule has 96 valence electrons. The van der Waals surface area contributed by atoms with Gasteiger partial charge in [0.05, 0.1) is 12.7 Å². The number of hydrogen-bond donors (Lipinski definition) is 0. The third-order valence-electron chi connectivity index (χ3n) is 4.50. The predicted molar refractivity (Wildman–Crippen MR) is 70.0 cm³/mol. The maximum absolute atomic E-state index is 12.0. The number of fused-ring (bicyclic) bond motifs is 2. The second-order valence-corrected chi connectivity index (χ2v) is 5.81. The fraction of sp³-hybridized carbons (Fsp3) is 0.562. The van der Waals surface area contributed by atoms with Crippen LogP contribution >= 0.6 is 0 Å². The van der Waals surface area contributed by atoms with Crippen LogP contribution in [0.25, 0.3) is 0 Å². The van der Waals surface area contributed by atoms with E-state index in [0.29, 0.717) is 18.3 Å². The lowest BCUT2D eigenvalue weighted by atomic mass is 9.84. The molecule has 0 unspecified atom stereocenters. The van der Waals surface area contributed by atoms with Gasteiger partial charge in [0.15, 0.2) is 0 Å². The van der Waals surface area contributed by atoms with Crippen LogP contribution in [0.1, 0.15) is 31.7 Å². The zero-order valence-electron chi connectivity index (χ0n) is 10.8. The Bertz CT molecular complexity index is 426. The number of Topliss-reactive ketones (excluding diaryl/α,β-unsaturated/α-hetero) is 1. The fourth-order valence-electron chi connectivity index (χ4n) is 3.49. The van der Waals surface area contributed by atoms with E-state index in [9.17, 15) is 4.79 Å². The van der Waals surface area contributed by atoms with Gasteiger partial charge in [-0.15, -0.1) is 0 Å². The van der Waals surface area contributed by atoms with Crippen LogP contribution in [0.5, 0.6) is 0 Å². The Balaban J connectivity index is 1.58. The quantitative estimate of drug-likeness (QED) is 0.816.